The van der Waals surface area contributed by atoms with Crippen LogP contribution in [0.3, 0.4) is 0 Å². The summed E-state index contributed by atoms with van der Waals surface area (Å²) < 4.78 is 27.1. The van der Waals surface area contributed by atoms with Crippen LogP contribution in [0.4, 0.5) is 20.5 Å². The molecule has 1 unspecified atom stereocenters. The Morgan fingerprint density at radius 2 is 1.56 bits per heavy atom. The van der Waals surface area contributed by atoms with Crippen molar-refractivity contribution in [3.63, 3.8) is 0 Å². The summed E-state index contributed by atoms with van der Waals surface area (Å²) in [6.45, 7) is 1.34. The number of hydrogen-bond acceptors (Lipinski definition) is 7. The molecule has 7 nitrogen and oxygen atoms in total. The van der Waals surface area contributed by atoms with Crippen molar-refractivity contribution in [1.29, 1.82) is 5.26 Å². The molecule has 1 aromatic heterocycles. The molecule has 2 aromatic rings. The second kappa shape index (κ2) is 12.9. The summed E-state index contributed by atoms with van der Waals surface area (Å²) in [5.41, 5.74) is 1.68. The summed E-state index contributed by atoms with van der Waals surface area (Å²) in [7, 11) is 0. The van der Waals surface area contributed by atoms with Gasteiger partial charge in [-0.05, 0) is 105 Å². The van der Waals surface area contributed by atoms with Crippen molar-refractivity contribution in [1.82, 2.24) is 20.6 Å². The van der Waals surface area contributed by atoms with E-state index < -0.39 is 5.92 Å². The molecule has 0 saturated heterocycles. The maximum atomic E-state index is 13.6. The topological polar surface area (TPSA) is 97.7 Å². The monoisotopic (exact) mass is 637 g/mol. The van der Waals surface area contributed by atoms with Gasteiger partial charge in [0.25, 0.3) is 0 Å². The molecular formula is C35H46ClF2N7. The van der Waals surface area contributed by atoms with Crippen LogP contribution in [0.2, 0.25) is 5.02 Å². The minimum Gasteiger partial charge on any atom is -0.368 e. The number of alkyl halides is 2. The number of nitrogens with one attached hydrogen (secondary N) is 4. The third-order valence-corrected chi connectivity index (χ3v) is 12.0. The van der Waals surface area contributed by atoms with Gasteiger partial charge >= 0.3 is 0 Å². The van der Waals surface area contributed by atoms with Gasteiger partial charge in [-0.15, -0.1) is 0 Å². The number of hydrogen-bond donors (Lipinski definition) is 4. The number of anilines is 2. The van der Waals surface area contributed by atoms with E-state index >= 15 is 0 Å². The minimum atomic E-state index is -2.46. The molecule has 5 atom stereocenters. The van der Waals surface area contributed by atoms with Crippen LogP contribution in [0.5, 0.6) is 0 Å². The summed E-state index contributed by atoms with van der Waals surface area (Å²) in [6, 6.07) is 11.9. The van der Waals surface area contributed by atoms with Gasteiger partial charge in [-0.1, -0.05) is 29.8 Å². The zero-order valence-corrected chi connectivity index (χ0v) is 26.8. The molecule has 0 aliphatic heterocycles. The molecule has 242 valence electrons. The molecule has 4 bridgehead atoms. The van der Waals surface area contributed by atoms with E-state index in [4.69, 9.17) is 16.6 Å². The van der Waals surface area contributed by atoms with Crippen molar-refractivity contribution in [2.24, 2.45) is 23.2 Å². The minimum absolute atomic E-state index is 0.0330. The van der Waals surface area contributed by atoms with Crippen molar-refractivity contribution < 1.29 is 8.78 Å². The molecule has 6 fully saturated rings. The predicted molar refractivity (Wildman–Crippen MR) is 173 cm³/mol. The smallest absolute Gasteiger partial charge is 0.248 e. The number of rotatable bonds is 10. The molecule has 6 saturated carbocycles. The van der Waals surface area contributed by atoms with Crippen molar-refractivity contribution >= 4 is 23.4 Å². The van der Waals surface area contributed by atoms with Crippen LogP contribution in [0.15, 0.2) is 30.5 Å². The first-order valence-corrected chi connectivity index (χ1v) is 17.5. The quantitative estimate of drug-likeness (QED) is 0.217. The average Bonchev–Trinajstić information content (AvgIpc) is 3.03. The lowest BCUT2D eigenvalue weighted by Crippen LogP contribution is -2.61. The van der Waals surface area contributed by atoms with Gasteiger partial charge in [0.05, 0.1) is 6.20 Å². The zero-order valence-electron chi connectivity index (χ0n) is 26.0. The van der Waals surface area contributed by atoms with Gasteiger partial charge in [0.1, 0.15) is 17.5 Å². The molecule has 10 heteroatoms. The van der Waals surface area contributed by atoms with Gasteiger partial charge in [0.2, 0.25) is 11.9 Å². The summed E-state index contributed by atoms with van der Waals surface area (Å²) in [6.07, 6.45) is 13.8. The Labute approximate surface area is 270 Å². The maximum Gasteiger partial charge on any atom is 0.248 e. The van der Waals surface area contributed by atoms with Gasteiger partial charge in [-0.3, -0.25) is 0 Å². The molecule has 0 amide bonds. The highest BCUT2D eigenvalue weighted by Crippen LogP contribution is 2.60. The molecule has 45 heavy (non-hydrogen) atoms. The Hall–Kier alpha value is -2.54. The SMILES string of the molecule is N#Cc1cnc(NCc2ccccc2Cl)nc1NC[C@]12CC3C[C@H](C1)[C@@H](N[C@H]1CC[C@@H](NC4CCC(F)(F)CC4)CC1)[C@@H](C3)C2. The molecule has 6 aliphatic rings. The van der Waals surface area contributed by atoms with E-state index in [1.54, 1.807) is 6.20 Å². The number of aromatic nitrogens is 2. The first kappa shape index (κ1) is 31.1. The Bertz CT molecular complexity index is 1360. The lowest BCUT2D eigenvalue weighted by Gasteiger charge is -2.61. The van der Waals surface area contributed by atoms with Crippen LogP contribution in [0.1, 0.15) is 94.6 Å². The molecular weight excluding hydrogens is 592 g/mol. The van der Waals surface area contributed by atoms with Crippen LogP contribution >= 0.6 is 11.6 Å². The van der Waals surface area contributed by atoms with E-state index in [9.17, 15) is 14.0 Å². The molecule has 1 heterocycles. The number of halogens is 3. The van der Waals surface area contributed by atoms with E-state index in [0.29, 0.717) is 71.7 Å². The van der Waals surface area contributed by atoms with Crippen LogP contribution in [-0.2, 0) is 6.54 Å². The van der Waals surface area contributed by atoms with Crippen molar-refractivity contribution in [3.05, 3.63) is 46.6 Å². The van der Waals surface area contributed by atoms with Crippen molar-refractivity contribution in [2.75, 3.05) is 17.2 Å². The van der Waals surface area contributed by atoms with Crippen LogP contribution < -0.4 is 21.3 Å². The third-order valence-electron chi connectivity index (χ3n) is 11.7. The number of nitrogens with zero attached hydrogens (tertiary/aromatic N) is 3. The fourth-order valence-corrected chi connectivity index (χ4v) is 9.89. The summed E-state index contributed by atoms with van der Waals surface area (Å²) in [4.78, 5) is 9.06. The lowest BCUT2D eigenvalue weighted by atomic mass is 9.47. The first-order valence-electron chi connectivity index (χ1n) is 17.1. The van der Waals surface area contributed by atoms with E-state index in [0.717, 1.165) is 30.9 Å². The second-order valence-corrected chi connectivity index (χ2v) is 15.3. The largest absolute Gasteiger partial charge is 0.368 e. The van der Waals surface area contributed by atoms with Crippen LogP contribution in [-0.4, -0.2) is 46.6 Å². The third kappa shape index (κ3) is 7.08. The van der Waals surface area contributed by atoms with Crippen LogP contribution in [0.25, 0.3) is 0 Å². The fourth-order valence-electron chi connectivity index (χ4n) is 9.69. The first-order chi connectivity index (χ1) is 21.8. The molecule has 4 N–H and O–H groups in total. The van der Waals surface area contributed by atoms with Gasteiger partial charge in [-0.25, -0.2) is 13.8 Å². The summed E-state index contributed by atoms with van der Waals surface area (Å²) in [5, 5.41) is 25.2. The van der Waals surface area contributed by atoms with E-state index in [1.165, 1.54) is 44.9 Å². The Balaban J connectivity index is 0.919. The Morgan fingerprint density at radius 1 is 0.889 bits per heavy atom. The van der Waals surface area contributed by atoms with Gasteiger partial charge in [0.15, 0.2) is 0 Å². The van der Waals surface area contributed by atoms with E-state index in [2.05, 4.69) is 32.3 Å². The summed E-state index contributed by atoms with van der Waals surface area (Å²) in [5.74, 6) is 0.821. The Kier molecular flexibility index (Phi) is 8.93. The van der Waals surface area contributed by atoms with Crippen molar-refractivity contribution in [2.45, 2.75) is 120 Å². The van der Waals surface area contributed by atoms with Crippen molar-refractivity contribution in [3.8, 4) is 6.07 Å². The van der Waals surface area contributed by atoms with Crippen LogP contribution in [0, 0.1) is 34.5 Å². The predicted octanol–water partition coefficient (Wildman–Crippen LogP) is 7.29. The molecule has 8 rings (SSSR count). The molecule has 0 radical (unpaired) electrons. The standard InChI is InChI=1S/C35H46ClF2N7/c36-30-4-2-1-3-23(30)19-40-33-41-20-26(18-39)32(45-33)42-21-34-15-22-13-24(16-34)31(25(14-22)17-34)44-28-7-5-27(6-8-28)43-29-9-11-35(37,38)12-10-29/h1-4,20,22,24-25,27-29,31,43-44H,5-17,19,21H2,(H2,40,41,42,45)/t22?,24-,25+,27-,28+,31-,34-. The highest BCUT2D eigenvalue weighted by molar-refractivity contribution is 6.31. The average molecular weight is 638 g/mol. The molecule has 1 aromatic carbocycles. The van der Waals surface area contributed by atoms with Gasteiger partial charge in [-0.2, -0.15) is 10.2 Å². The fraction of sp³-hybridized carbons (Fsp3) is 0.686. The summed E-state index contributed by atoms with van der Waals surface area (Å²) >= 11 is 6.32. The zero-order chi connectivity index (χ0) is 31.0. The highest BCUT2D eigenvalue weighted by Gasteiger charge is 2.55. The maximum absolute atomic E-state index is 13.6. The number of benzene rings is 1. The Morgan fingerprint density at radius 3 is 2.24 bits per heavy atom. The lowest BCUT2D eigenvalue weighted by molar-refractivity contribution is -0.0731. The molecule has 0 spiro atoms. The van der Waals surface area contributed by atoms with Gasteiger partial charge in [0, 0.05) is 55.1 Å². The van der Waals surface area contributed by atoms with Gasteiger partial charge < -0.3 is 21.3 Å². The van der Waals surface area contributed by atoms with E-state index in [1.807, 2.05) is 24.3 Å². The normalized spacial score (nSPS) is 33.9. The highest BCUT2D eigenvalue weighted by atomic mass is 35.5. The number of nitriles is 1. The second-order valence-electron chi connectivity index (χ2n) is 14.9. The van der Waals surface area contributed by atoms with E-state index in [-0.39, 0.29) is 24.3 Å². The molecule has 6 aliphatic carbocycles.